The molecule has 0 atom stereocenters. The lowest BCUT2D eigenvalue weighted by molar-refractivity contribution is -0.730. The molecule has 7 heteroatoms. The van der Waals surface area contributed by atoms with E-state index in [0.29, 0.717) is 12.2 Å². The van der Waals surface area contributed by atoms with Crippen molar-refractivity contribution < 1.29 is 10.1 Å². The van der Waals surface area contributed by atoms with Crippen LogP contribution in [0.25, 0.3) is 0 Å². The molecular weight excluding hydrogens is 228 g/mol. The standard InChI is InChI=1S/C9H11N4O2S/c1-6-9(13(14)15)3-10-12(6)4-8-5-16-7(2)11-8/h3,5H,4H2,1-2H3,(H,14,15)/q+1. The number of hydrogen-bond donors (Lipinski definition) is 1. The van der Waals surface area contributed by atoms with E-state index in [0.717, 1.165) is 10.7 Å². The highest BCUT2D eigenvalue weighted by Crippen LogP contribution is 2.17. The first kappa shape index (κ1) is 10.7. The van der Waals surface area contributed by atoms with E-state index < -0.39 is 0 Å². The van der Waals surface area contributed by atoms with Crippen molar-refractivity contribution in [3.63, 3.8) is 0 Å². The van der Waals surface area contributed by atoms with Gasteiger partial charge in [-0.2, -0.15) is 5.10 Å². The van der Waals surface area contributed by atoms with Crippen LogP contribution in [-0.2, 0) is 6.54 Å². The van der Waals surface area contributed by atoms with Gasteiger partial charge in [0.05, 0.1) is 22.2 Å². The lowest BCUT2D eigenvalue weighted by Gasteiger charge is -1.99. The molecule has 2 heterocycles. The molecule has 84 valence electrons. The molecule has 0 aliphatic rings. The van der Waals surface area contributed by atoms with Crippen molar-refractivity contribution in [1.82, 2.24) is 14.8 Å². The third kappa shape index (κ3) is 1.94. The molecule has 0 aliphatic carbocycles. The average Bonchev–Trinajstić information content (AvgIpc) is 2.76. The predicted octanol–water partition coefficient (Wildman–Crippen LogP) is 1.80. The minimum absolute atomic E-state index is 0.159. The van der Waals surface area contributed by atoms with Crippen LogP contribution in [0.1, 0.15) is 16.4 Å². The van der Waals surface area contributed by atoms with E-state index in [1.165, 1.54) is 6.20 Å². The van der Waals surface area contributed by atoms with Gasteiger partial charge >= 0.3 is 5.69 Å². The molecule has 0 amide bonds. The lowest BCUT2D eigenvalue weighted by Crippen LogP contribution is -2.04. The molecule has 0 bridgehead atoms. The van der Waals surface area contributed by atoms with Crippen molar-refractivity contribution >= 4 is 17.0 Å². The summed E-state index contributed by atoms with van der Waals surface area (Å²) in [4.78, 5) is 14.9. The maximum Gasteiger partial charge on any atom is 0.356 e. The number of rotatable bonds is 3. The van der Waals surface area contributed by atoms with Crippen LogP contribution in [0.2, 0.25) is 0 Å². The highest BCUT2D eigenvalue weighted by Gasteiger charge is 2.21. The molecule has 0 aromatic carbocycles. The maximum absolute atomic E-state index is 10.7. The van der Waals surface area contributed by atoms with Crippen LogP contribution < -0.4 is 0 Å². The fourth-order valence-electron chi connectivity index (χ4n) is 1.42. The van der Waals surface area contributed by atoms with Crippen LogP contribution >= 0.6 is 11.3 Å². The van der Waals surface area contributed by atoms with E-state index in [1.807, 2.05) is 12.3 Å². The van der Waals surface area contributed by atoms with Gasteiger partial charge in [-0.3, -0.25) is 4.68 Å². The summed E-state index contributed by atoms with van der Waals surface area (Å²) >= 11 is 1.57. The molecule has 0 aliphatic heterocycles. The molecule has 1 N–H and O–H groups in total. The number of nitrogens with zero attached hydrogens (tertiary/aromatic N) is 4. The van der Waals surface area contributed by atoms with Crippen LogP contribution in [-0.4, -0.2) is 24.9 Å². The Kier molecular flexibility index (Phi) is 2.69. The molecular formula is C9H11N4O2S+. The molecule has 0 unspecified atom stereocenters. The zero-order valence-electron chi connectivity index (χ0n) is 8.91. The van der Waals surface area contributed by atoms with Gasteiger partial charge in [0, 0.05) is 5.38 Å². The summed E-state index contributed by atoms with van der Waals surface area (Å²) in [6.45, 7) is 4.16. The molecule has 0 saturated heterocycles. The number of hydrogen-bond acceptors (Lipinski definition) is 4. The summed E-state index contributed by atoms with van der Waals surface area (Å²) in [7, 11) is 0. The van der Waals surface area contributed by atoms with E-state index in [-0.39, 0.29) is 10.6 Å². The van der Waals surface area contributed by atoms with Gasteiger partial charge in [0.25, 0.3) is 4.92 Å². The van der Waals surface area contributed by atoms with E-state index in [2.05, 4.69) is 10.1 Å². The first-order valence-electron chi connectivity index (χ1n) is 4.67. The van der Waals surface area contributed by atoms with Gasteiger partial charge in [-0.05, 0) is 13.8 Å². The van der Waals surface area contributed by atoms with Crippen molar-refractivity contribution in [2.75, 3.05) is 0 Å². The fourth-order valence-corrected chi connectivity index (χ4v) is 2.02. The second kappa shape index (κ2) is 4.01. The quantitative estimate of drug-likeness (QED) is 0.829. The monoisotopic (exact) mass is 239 g/mol. The third-order valence-corrected chi connectivity index (χ3v) is 3.08. The molecule has 6 nitrogen and oxygen atoms in total. The second-order valence-electron chi connectivity index (χ2n) is 3.40. The smallest absolute Gasteiger partial charge is 0.256 e. The predicted molar refractivity (Wildman–Crippen MR) is 58.0 cm³/mol. The first-order valence-corrected chi connectivity index (χ1v) is 5.55. The minimum Gasteiger partial charge on any atom is -0.256 e. The number of thiazole rings is 1. The minimum atomic E-state index is -0.175. The topological polar surface area (TPSA) is 71.0 Å². The Balaban J connectivity index is 2.25. The Bertz CT molecular complexity index is 531. The summed E-state index contributed by atoms with van der Waals surface area (Å²) in [5.41, 5.74) is 1.67. The Morgan fingerprint density at radius 1 is 1.56 bits per heavy atom. The molecule has 2 aromatic heterocycles. The van der Waals surface area contributed by atoms with Crippen LogP contribution in [0, 0.1) is 18.8 Å². The molecule has 2 rings (SSSR count). The number of aromatic nitrogens is 3. The van der Waals surface area contributed by atoms with Crippen LogP contribution in [0.15, 0.2) is 11.6 Å². The third-order valence-electron chi connectivity index (χ3n) is 2.26. The summed E-state index contributed by atoms with van der Waals surface area (Å²) < 4.78 is 1.63. The zero-order chi connectivity index (χ0) is 11.7. The van der Waals surface area contributed by atoms with Crippen molar-refractivity contribution in [2.24, 2.45) is 0 Å². The van der Waals surface area contributed by atoms with Crippen molar-refractivity contribution in [1.29, 1.82) is 0 Å². The molecule has 0 fully saturated rings. The van der Waals surface area contributed by atoms with Crippen molar-refractivity contribution in [3.05, 3.63) is 32.9 Å². The van der Waals surface area contributed by atoms with Gasteiger partial charge in [0.15, 0.2) is 0 Å². The van der Waals surface area contributed by atoms with Crippen molar-refractivity contribution in [2.45, 2.75) is 20.4 Å². The van der Waals surface area contributed by atoms with Crippen molar-refractivity contribution in [3.8, 4) is 0 Å². The van der Waals surface area contributed by atoms with Crippen LogP contribution in [0.5, 0.6) is 0 Å². The van der Waals surface area contributed by atoms with Gasteiger partial charge in [-0.15, -0.1) is 11.3 Å². The Morgan fingerprint density at radius 3 is 2.81 bits per heavy atom. The lowest BCUT2D eigenvalue weighted by atomic mass is 10.4. The van der Waals surface area contributed by atoms with Gasteiger partial charge in [-0.1, -0.05) is 0 Å². The maximum atomic E-state index is 10.7. The second-order valence-corrected chi connectivity index (χ2v) is 4.47. The summed E-state index contributed by atoms with van der Waals surface area (Å²) in [6, 6.07) is 0. The van der Waals surface area contributed by atoms with Gasteiger partial charge in [0.1, 0.15) is 11.9 Å². The van der Waals surface area contributed by atoms with E-state index >= 15 is 0 Å². The first-order chi connectivity index (χ1) is 7.58. The normalized spacial score (nSPS) is 10.6. The summed E-state index contributed by atoms with van der Waals surface area (Å²) in [5.74, 6) is 0. The zero-order valence-corrected chi connectivity index (χ0v) is 9.73. The summed E-state index contributed by atoms with van der Waals surface area (Å²) in [5, 5.41) is 15.8. The van der Waals surface area contributed by atoms with Gasteiger partial charge in [-0.25, -0.2) is 10.2 Å². The molecule has 2 aromatic rings. The Hall–Kier alpha value is -1.76. The summed E-state index contributed by atoms with van der Waals surface area (Å²) in [6.07, 6.45) is 1.33. The fraction of sp³-hybridized carbons (Fsp3) is 0.333. The van der Waals surface area contributed by atoms with Crippen LogP contribution in [0.4, 0.5) is 5.69 Å². The highest BCUT2D eigenvalue weighted by molar-refractivity contribution is 7.09. The Morgan fingerprint density at radius 2 is 2.31 bits per heavy atom. The average molecular weight is 239 g/mol. The van der Waals surface area contributed by atoms with Crippen LogP contribution in [0.3, 0.4) is 0 Å². The van der Waals surface area contributed by atoms with E-state index in [1.54, 1.807) is 22.9 Å². The molecule has 16 heavy (non-hydrogen) atoms. The number of aryl methyl sites for hydroxylation is 1. The van der Waals surface area contributed by atoms with Gasteiger partial charge < -0.3 is 0 Å². The molecule has 0 spiro atoms. The Labute approximate surface area is 95.7 Å². The van der Waals surface area contributed by atoms with E-state index in [9.17, 15) is 4.91 Å². The SMILES string of the molecule is Cc1nc(Cn2ncc([N+](=O)O)c2C)cs1. The van der Waals surface area contributed by atoms with E-state index in [4.69, 9.17) is 5.21 Å². The largest absolute Gasteiger partial charge is 0.356 e. The highest BCUT2D eigenvalue weighted by atomic mass is 32.1. The molecule has 0 radical (unpaired) electrons. The molecule has 0 saturated carbocycles. The van der Waals surface area contributed by atoms with Gasteiger partial charge in [0.2, 0.25) is 0 Å².